The summed E-state index contributed by atoms with van der Waals surface area (Å²) in [6.07, 6.45) is 0. The van der Waals surface area contributed by atoms with Crippen molar-refractivity contribution in [3.05, 3.63) is 328 Å². The zero-order valence-electron chi connectivity index (χ0n) is 54.7. The van der Waals surface area contributed by atoms with Gasteiger partial charge in [0.2, 0.25) is 0 Å². The summed E-state index contributed by atoms with van der Waals surface area (Å²) in [4.78, 5) is 6.83. The van der Waals surface area contributed by atoms with Crippen LogP contribution < -0.4 is 92.3 Å². The number of hydrogen-bond acceptors (Lipinski definition) is 9. The number of fused-ring (bicyclic) bond motifs is 21. The summed E-state index contributed by atoms with van der Waals surface area (Å²) in [5, 5.41) is 5.71. The summed E-state index contributed by atoms with van der Waals surface area (Å²) in [7, 11) is 0. The lowest BCUT2D eigenvalue weighted by molar-refractivity contribution is 0.467. The van der Waals surface area contributed by atoms with Crippen LogP contribution in [0.2, 0.25) is 0 Å². The fourth-order valence-corrected chi connectivity index (χ4v) is 17.1. The van der Waals surface area contributed by atoms with Crippen LogP contribution in [-0.4, -0.2) is 20.1 Å². The first kappa shape index (κ1) is 56.7. The first-order valence-corrected chi connectivity index (χ1v) is 34.7. The Hall–Kier alpha value is -13.3. The van der Waals surface area contributed by atoms with Gasteiger partial charge in [0.05, 0.1) is 17.1 Å². The van der Waals surface area contributed by atoms with E-state index < -0.39 is 0 Å². The Bertz CT molecular complexity index is 5450. The number of anilines is 9. The predicted molar refractivity (Wildman–Crippen MR) is 416 cm³/mol. The molecule has 0 amide bonds. The lowest BCUT2D eigenvalue weighted by Crippen LogP contribution is -2.57. The maximum Gasteiger partial charge on any atom is 0.260 e. The number of hydrogen-bond donors (Lipinski definition) is 0. The Balaban J connectivity index is 0.843. The van der Waals surface area contributed by atoms with Crippen LogP contribution in [0.1, 0.15) is 0 Å². The van der Waals surface area contributed by atoms with Crippen molar-refractivity contribution in [2.75, 3.05) is 14.7 Å². The second kappa shape index (κ2) is 22.1. The van der Waals surface area contributed by atoms with E-state index in [1.54, 1.807) is 0 Å². The minimum absolute atomic E-state index is 0.274. The molecule has 16 aromatic rings. The summed E-state index contributed by atoms with van der Waals surface area (Å²) < 4.78 is 45.1. The highest BCUT2D eigenvalue weighted by atomic mass is 16.5. The van der Waals surface area contributed by atoms with Gasteiger partial charge >= 0.3 is 0 Å². The molecule has 102 heavy (non-hydrogen) atoms. The van der Waals surface area contributed by atoms with E-state index in [1.807, 2.05) is 0 Å². The Morgan fingerprint density at radius 1 is 0.176 bits per heavy atom. The molecule has 0 radical (unpaired) electrons. The zero-order valence-corrected chi connectivity index (χ0v) is 54.7. The monoisotopic (exact) mass is 1310 g/mol. The fraction of sp³-hybridized carbons (Fsp3) is 0. The maximum atomic E-state index is 7.92. The maximum absolute atomic E-state index is 7.92. The van der Waals surface area contributed by atoms with E-state index >= 15 is 0 Å². The van der Waals surface area contributed by atoms with E-state index in [4.69, 9.17) is 28.4 Å². The Morgan fingerprint density at radius 2 is 0.392 bits per heavy atom. The predicted octanol–water partition coefficient (Wildman–Crippen LogP) is 17.7. The molecule has 16 aromatic carbocycles. The normalized spacial score (nSPS) is 13.1. The SMILES string of the molecule is c1ccc(N(c2ccccc2)c2cc3c4c(c2)Oc2c(ccc5c2c2ccc6c(c2c2ccc7c(c52)Oc2cc(N(c5ccccc5)c5ccccc5)cc5c2B7c2ccccc2O5)Oc2cc(N(c5ccccc5)c5ccccc5)cc5c2B6c2ccccc2O5)B4c2ccccc2O3)cc1. The summed E-state index contributed by atoms with van der Waals surface area (Å²) in [6, 6.07) is 115. The van der Waals surface area contributed by atoms with Gasteiger partial charge in [-0.05, 0) is 140 Å². The van der Waals surface area contributed by atoms with Gasteiger partial charge < -0.3 is 43.1 Å². The van der Waals surface area contributed by atoms with Gasteiger partial charge in [0.25, 0.3) is 20.1 Å². The van der Waals surface area contributed by atoms with Gasteiger partial charge in [-0.25, -0.2) is 0 Å². The van der Waals surface area contributed by atoms with Crippen molar-refractivity contribution in [2.45, 2.75) is 0 Å². The largest absolute Gasteiger partial charge is 0.458 e. The van der Waals surface area contributed by atoms with Crippen LogP contribution in [0.3, 0.4) is 0 Å². The second-order valence-corrected chi connectivity index (χ2v) is 26.8. The molecule has 0 saturated heterocycles. The van der Waals surface area contributed by atoms with Crippen LogP contribution in [0.25, 0.3) is 32.3 Å². The molecule has 6 heterocycles. The van der Waals surface area contributed by atoms with E-state index in [-0.39, 0.29) is 20.1 Å². The molecule has 0 aliphatic carbocycles. The van der Waals surface area contributed by atoms with Crippen LogP contribution in [0.15, 0.2) is 328 Å². The number of para-hydroxylation sites is 9. The third-order valence-corrected chi connectivity index (χ3v) is 21.3. The molecule has 22 rings (SSSR count). The van der Waals surface area contributed by atoms with E-state index in [0.29, 0.717) is 17.2 Å². The van der Waals surface area contributed by atoms with Crippen molar-refractivity contribution in [1.29, 1.82) is 0 Å². The summed E-state index contributed by atoms with van der Waals surface area (Å²) in [5.41, 5.74) is 17.8. The summed E-state index contributed by atoms with van der Waals surface area (Å²) in [6.45, 7) is -0.823. The van der Waals surface area contributed by atoms with Gasteiger partial charge in [-0.3, -0.25) is 0 Å². The van der Waals surface area contributed by atoms with Crippen molar-refractivity contribution in [1.82, 2.24) is 0 Å². The first-order valence-electron chi connectivity index (χ1n) is 34.7. The molecule has 0 aromatic heterocycles. The molecule has 0 unspecified atom stereocenters. The number of nitrogens with zero attached hydrogens (tertiary/aromatic N) is 3. The highest BCUT2D eigenvalue weighted by Crippen LogP contribution is 2.53. The molecule has 474 valence electrons. The lowest BCUT2D eigenvalue weighted by atomic mass is 9.34. The van der Waals surface area contributed by atoms with Crippen molar-refractivity contribution in [3.8, 4) is 69.0 Å². The van der Waals surface area contributed by atoms with E-state index in [1.165, 1.54) is 0 Å². The molecule has 6 aliphatic heterocycles. The topological polar surface area (TPSA) is 65.1 Å². The summed E-state index contributed by atoms with van der Waals surface area (Å²) >= 11 is 0. The van der Waals surface area contributed by atoms with Crippen LogP contribution in [0.5, 0.6) is 69.0 Å². The molecular weight excluding hydrogens is 1250 g/mol. The Morgan fingerprint density at radius 3 is 0.637 bits per heavy atom. The third kappa shape index (κ3) is 8.44. The van der Waals surface area contributed by atoms with Gasteiger partial charge in [0.1, 0.15) is 69.0 Å². The molecule has 12 heteroatoms. The quantitative estimate of drug-likeness (QED) is 0.104. The Labute approximate surface area is 589 Å². The van der Waals surface area contributed by atoms with Gasteiger partial charge in [0, 0.05) is 103 Å². The van der Waals surface area contributed by atoms with E-state index in [0.717, 1.165) is 184 Å². The fourth-order valence-electron chi connectivity index (χ4n) is 17.1. The molecule has 6 aliphatic rings. The highest BCUT2D eigenvalue weighted by molar-refractivity contribution is 7.00. The number of ether oxygens (including phenoxy) is 6. The molecular formula is C90H54B3N3O6. The average molecular weight is 1310 g/mol. The van der Waals surface area contributed by atoms with Gasteiger partial charge in [0.15, 0.2) is 0 Å². The van der Waals surface area contributed by atoms with Crippen LogP contribution in [0, 0.1) is 0 Å². The number of rotatable bonds is 9. The minimum atomic E-state index is -0.274. The molecule has 0 saturated carbocycles. The van der Waals surface area contributed by atoms with Gasteiger partial charge in [-0.15, -0.1) is 0 Å². The van der Waals surface area contributed by atoms with Crippen molar-refractivity contribution >= 4 is 153 Å². The van der Waals surface area contributed by atoms with E-state index in [9.17, 15) is 0 Å². The molecule has 0 bridgehead atoms. The molecule has 0 atom stereocenters. The van der Waals surface area contributed by atoms with E-state index in [2.05, 4.69) is 342 Å². The molecule has 0 fully saturated rings. The first-order chi connectivity index (χ1) is 50.6. The molecule has 9 nitrogen and oxygen atoms in total. The third-order valence-electron chi connectivity index (χ3n) is 21.3. The molecule has 0 N–H and O–H groups in total. The molecule has 0 spiro atoms. The lowest BCUT2D eigenvalue weighted by Gasteiger charge is -2.37. The average Bonchev–Trinajstić information content (AvgIpc) is 0.686. The smallest absolute Gasteiger partial charge is 0.260 e. The Kier molecular flexibility index (Phi) is 12.3. The number of benzene rings is 16. The van der Waals surface area contributed by atoms with Gasteiger partial charge in [-0.2, -0.15) is 0 Å². The van der Waals surface area contributed by atoms with Gasteiger partial charge in [-0.1, -0.05) is 200 Å². The van der Waals surface area contributed by atoms with Crippen molar-refractivity contribution < 1.29 is 28.4 Å². The van der Waals surface area contributed by atoms with Crippen LogP contribution in [0.4, 0.5) is 51.2 Å². The highest BCUT2D eigenvalue weighted by Gasteiger charge is 2.47. The van der Waals surface area contributed by atoms with Crippen LogP contribution >= 0.6 is 0 Å². The summed E-state index contributed by atoms with van der Waals surface area (Å²) in [5.74, 6) is 8.96. The van der Waals surface area contributed by atoms with Crippen LogP contribution in [-0.2, 0) is 0 Å². The zero-order chi connectivity index (χ0) is 66.7. The minimum Gasteiger partial charge on any atom is -0.458 e. The van der Waals surface area contributed by atoms with Crippen molar-refractivity contribution in [2.24, 2.45) is 0 Å². The standard InChI is InChI=1S/C90H54B3N3O6/c1-7-25-55(26-8-1)94(56-27-9-2-10-28-56)61-49-76-85-79(52-61)100-88-70(91(85)67-37-19-22-40-73(67)97-76)46-43-64-82(88)65-44-47-71-89(101-80-53-62(50-77-86(80)92(71)68-38-20-23-41-74(68)98-77)95(57-29-11-3-12-30-57)58-31-13-4-14-32-58)84(65)66-45-48-72-90(83(64)66)102-81-54-63(51-78-87(81)93(72)69-39-21-24-42-75(69)99-78)96(59-33-15-5-16-34-59)60-35-17-6-18-36-60/h1-54H. The second-order valence-electron chi connectivity index (χ2n) is 26.8. The van der Waals surface area contributed by atoms with Crippen molar-refractivity contribution in [3.63, 3.8) is 0 Å².